The summed E-state index contributed by atoms with van der Waals surface area (Å²) in [7, 11) is 1.54. The second-order valence-electron chi connectivity index (χ2n) is 9.50. The molecule has 0 radical (unpaired) electrons. The fraction of sp³-hybridized carbons (Fsp3) is 0.310. The van der Waals surface area contributed by atoms with Crippen LogP contribution in [-0.4, -0.2) is 40.0 Å². The highest BCUT2D eigenvalue weighted by Gasteiger charge is 2.35. The Morgan fingerprint density at radius 3 is 2.63 bits per heavy atom. The van der Waals surface area contributed by atoms with E-state index in [1.54, 1.807) is 37.4 Å². The van der Waals surface area contributed by atoms with Gasteiger partial charge in [-0.05, 0) is 60.9 Å². The third-order valence-corrected chi connectivity index (χ3v) is 6.93. The van der Waals surface area contributed by atoms with E-state index in [1.165, 1.54) is 27.8 Å². The van der Waals surface area contributed by atoms with Crippen LogP contribution < -0.4 is 15.0 Å². The van der Waals surface area contributed by atoms with Gasteiger partial charge in [0.1, 0.15) is 29.7 Å². The summed E-state index contributed by atoms with van der Waals surface area (Å²) in [6.45, 7) is -0.186. The molecule has 2 amide bonds. The van der Waals surface area contributed by atoms with Gasteiger partial charge in [0.15, 0.2) is 0 Å². The molecule has 0 saturated heterocycles. The molecule has 1 atom stereocenters. The molecule has 0 spiro atoms. The predicted octanol–water partition coefficient (Wildman–Crippen LogP) is 4.80. The zero-order chi connectivity index (χ0) is 26.5. The minimum absolute atomic E-state index is 0.0214. The average Bonchev–Trinajstić information content (AvgIpc) is 3.34. The van der Waals surface area contributed by atoms with Gasteiger partial charge in [-0.1, -0.05) is 54.8 Å². The maximum Gasteiger partial charge on any atom is 0.249 e. The number of nitrogens with one attached hydrogen (secondary N) is 1. The molecule has 3 aromatic carbocycles. The second-order valence-corrected chi connectivity index (χ2v) is 9.50. The molecule has 4 aromatic rings. The number of ether oxygens (including phenoxy) is 1. The fourth-order valence-electron chi connectivity index (χ4n) is 5.06. The van der Waals surface area contributed by atoms with Crippen molar-refractivity contribution < 1.29 is 18.7 Å². The van der Waals surface area contributed by atoms with E-state index in [-0.39, 0.29) is 24.2 Å². The monoisotopic (exact) mass is 515 g/mol. The highest BCUT2D eigenvalue weighted by Crippen LogP contribution is 2.31. The number of hydrogen-bond donors (Lipinski definition) is 1. The maximum absolute atomic E-state index is 14.4. The Balaban J connectivity index is 1.57. The number of hydrogen-bond acceptors (Lipinski definition) is 5. The minimum Gasteiger partial charge on any atom is -0.497 e. The van der Waals surface area contributed by atoms with E-state index in [4.69, 9.17) is 4.74 Å². The molecular weight excluding hydrogens is 485 g/mol. The summed E-state index contributed by atoms with van der Waals surface area (Å²) >= 11 is 0. The van der Waals surface area contributed by atoms with Crippen LogP contribution in [0.1, 0.15) is 43.7 Å². The Labute approximate surface area is 220 Å². The third-order valence-electron chi connectivity index (χ3n) is 6.93. The summed E-state index contributed by atoms with van der Waals surface area (Å²) in [4.78, 5) is 29.3. The Morgan fingerprint density at radius 2 is 1.84 bits per heavy atom. The van der Waals surface area contributed by atoms with Crippen molar-refractivity contribution in [2.75, 3.05) is 12.0 Å². The van der Waals surface area contributed by atoms with Crippen LogP contribution in [0.4, 0.5) is 10.1 Å². The van der Waals surface area contributed by atoms with Crippen molar-refractivity contribution in [3.63, 3.8) is 0 Å². The number of amides is 2. The highest BCUT2D eigenvalue weighted by molar-refractivity contribution is 6.01. The molecule has 0 bridgehead atoms. The molecular formula is C29H30FN5O3. The molecule has 1 aromatic heterocycles. The number of aromatic nitrogens is 3. The zero-order valence-corrected chi connectivity index (χ0v) is 21.2. The van der Waals surface area contributed by atoms with Crippen LogP contribution in [0.5, 0.6) is 5.75 Å². The first kappa shape index (κ1) is 25.4. The summed E-state index contributed by atoms with van der Waals surface area (Å²) in [5.41, 5.74) is 2.16. The number of carbonyl (C=O) groups is 2. The van der Waals surface area contributed by atoms with Crippen LogP contribution in [0.3, 0.4) is 0 Å². The lowest BCUT2D eigenvalue weighted by atomic mass is 9.94. The highest BCUT2D eigenvalue weighted by atomic mass is 19.1. The number of rotatable bonds is 8. The summed E-state index contributed by atoms with van der Waals surface area (Å²) in [5, 5.41) is 11.5. The molecule has 8 nitrogen and oxygen atoms in total. The van der Waals surface area contributed by atoms with E-state index >= 15 is 0 Å². The van der Waals surface area contributed by atoms with Gasteiger partial charge in [0.05, 0.1) is 12.6 Å². The first-order chi connectivity index (χ1) is 18.5. The lowest BCUT2D eigenvalue weighted by molar-refractivity contribution is -0.127. The van der Waals surface area contributed by atoms with Crippen molar-refractivity contribution >= 4 is 28.5 Å². The van der Waals surface area contributed by atoms with Crippen molar-refractivity contribution in [2.24, 2.45) is 0 Å². The van der Waals surface area contributed by atoms with Crippen LogP contribution in [-0.2, 0) is 16.1 Å². The molecule has 1 aliphatic rings. The number of para-hydroxylation sites is 1. The van der Waals surface area contributed by atoms with Gasteiger partial charge in [-0.15, -0.1) is 5.10 Å². The molecule has 0 unspecified atom stereocenters. The first-order valence-electron chi connectivity index (χ1n) is 12.8. The third kappa shape index (κ3) is 5.51. The minimum atomic E-state index is -1.06. The molecule has 1 heterocycles. The SMILES string of the molecule is COc1cccc([C@H](C(=O)NC2CCCCC2)N(C(=O)Cn2nnc3ccccc32)c2cccc(F)c2)c1. The number of nitrogens with zero attached hydrogens (tertiary/aromatic N) is 4. The van der Waals surface area contributed by atoms with Gasteiger partial charge in [-0.3, -0.25) is 14.5 Å². The van der Waals surface area contributed by atoms with Crippen LogP contribution >= 0.6 is 0 Å². The number of anilines is 1. The maximum atomic E-state index is 14.4. The van der Waals surface area contributed by atoms with Gasteiger partial charge in [0.25, 0.3) is 0 Å². The summed E-state index contributed by atoms with van der Waals surface area (Å²) in [6.07, 6.45) is 5.00. The van der Waals surface area contributed by atoms with E-state index < -0.39 is 17.8 Å². The summed E-state index contributed by atoms with van der Waals surface area (Å²) < 4.78 is 21.4. The molecule has 38 heavy (non-hydrogen) atoms. The smallest absolute Gasteiger partial charge is 0.249 e. The Bertz CT molecular complexity index is 1430. The van der Waals surface area contributed by atoms with Gasteiger partial charge < -0.3 is 10.1 Å². The summed E-state index contributed by atoms with van der Waals surface area (Å²) in [6, 6.07) is 19.1. The molecule has 1 N–H and O–H groups in total. The number of halogens is 1. The second kappa shape index (κ2) is 11.4. The van der Waals surface area contributed by atoms with E-state index in [9.17, 15) is 14.0 Å². The molecule has 0 aliphatic heterocycles. The first-order valence-corrected chi connectivity index (χ1v) is 12.8. The molecule has 9 heteroatoms. The van der Waals surface area contributed by atoms with E-state index in [0.717, 1.165) is 32.1 Å². The number of fused-ring (bicyclic) bond motifs is 1. The zero-order valence-electron chi connectivity index (χ0n) is 21.2. The lowest BCUT2D eigenvalue weighted by Crippen LogP contribution is -2.48. The Kier molecular flexibility index (Phi) is 7.62. The number of benzene rings is 3. The lowest BCUT2D eigenvalue weighted by Gasteiger charge is -2.33. The van der Waals surface area contributed by atoms with Crippen molar-refractivity contribution in [1.29, 1.82) is 0 Å². The van der Waals surface area contributed by atoms with Crippen molar-refractivity contribution in [2.45, 2.75) is 50.7 Å². The Hall–Kier alpha value is -4.27. The Morgan fingerprint density at radius 1 is 1.05 bits per heavy atom. The van der Waals surface area contributed by atoms with Crippen LogP contribution in [0.25, 0.3) is 11.0 Å². The van der Waals surface area contributed by atoms with Crippen molar-refractivity contribution in [1.82, 2.24) is 20.3 Å². The summed E-state index contributed by atoms with van der Waals surface area (Å²) in [5.74, 6) is -0.723. The largest absolute Gasteiger partial charge is 0.497 e. The van der Waals surface area contributed by atoms with Crippen LogP contribution in [0, 0.1) is 5.82 Å². The fourth-order valence-corrected chi connectivity index (χ4v) is 5.06. The number of carbonyl (C=O) groups excluding carboxylic acids is 2. The van der Waals surface area contributed by atoms with E-state index in [1.807, 2.05) is 24.3 Å². The quantitative estimate of drug-likeness (QED) is 0.364. The molecule has 196 valence electrons. The number of methoxy groups -OCH3 is 1. The predicted molar refractivity (Wildman–Crippen MR) is 142 cm³/mol. The van der Waals surface area contributed by atoms with E-state index in [0.29, 0.717) is 22.3 Å². The molecule has 1 aliphatic carbocycles. The molecule has 5 rings (SSSR count). The van der Waals surface area contributed by atoms with Gasteiger partial charge in [-0.25, -0.2) is 9.07 Å². The standard InChI is InChI=1S/C29H30FN5O3/c1-38-24-14-7-9-20(17-24)28(29(37)31-22-11-3-2-4-12-22)35(23-13-8-10-21(30)18-23)27(36)19-34-26-16-6-5-15-25(26)32-33-34/h5-10,13-18,22,28H,2-4,11-12,19H2,1H3,(H,31,37)/t28-/m1/s1. The topological polar surface area (TPSA) is 89.4 Å². The van der Waals surface area contributed by atoms with Crippen molar-refractivity contribution in [3.8, 4) is 5.75 Å². The van der Waals surface area contributed by atoms with Crippen LogP contribution in [0.15, 0.2) is 72.8 Å². The van der Waals surface area contributed by atoms with Crippen LogP contribution in [0.2, 0.25) is 0 Å². The van der Waals surface area contributed by atoms with Crippen molar-refractivity contribution in [3.05, 3.63) is 84.2 Å². The van der Waals surface area contributed by atoms with Gasteiger partial charge in [-0.2, -0.15) is 0 Å². The molecule has 1 fully saturated rings. The van der Waals surface area contributed by atoms with Gasteiger partial charge >= 0.3 is 0 Å². The van der Waals surface area contributed by atoms with Gasteiger partial charge in [0.2, 0.25) is 11.8 Å². The average molecular weight is 516 g/mol. The normalized spacial score (nSPS) is 14.7. The molecule has 1 saturated carbocycles. The van der Waals surface area contributed by atoms with E-state index in [2.05, 4.69) is 15.6 Å². The van der Waals surface area contributed by atoms with Gasteiger partial charge in [0, 0.05) is 11.7 Å².